The third kappa shape index (κ3) is 7.69. The Morgan fingerprint density at radius 2 is 1.83 bits per heavy atom. The summed E-state index contributed by atoms with van der Waals surface area (Å²) in [6.45, 7) is 3.77. The van der Waals surface area contributed by atoms with E-state index in [1.54, 1.807) is 7.05 Å². The number of hydrogen-bond donors (Lipinski definition) is 2. The molecule has 0 unspecified atom stereocenters. The van der Waals surface area contributed by atoms with Gasteiger partial charge in [-0.1, -0.05) is 48.0 Å². The van der Waals surface area contributed by atoms with Crippen LogP contribution in [0.15, 0.2) is 53.5 Å². The molecule has 2 N–H and O–H groups in total. The number of benzene rings is 2. The molecule has 0 saturated carbocycles. The quantitative estimate of drug-likeness (QED) is 0.506. The zero-order valence-corrected chi connectivity index (χ0v) is 17.8. The Morgan fingerprint density at radius 3 is 2.59 bits per heavy atom. The van der Waals surface area contributed by atoms with Crippen LogP contribution in [0.4, 0.5) is 0 Å². The van der Waals surface area contributed by atoms with Gasteiger partial charge in [-0.05, 0) is 48.1 Å². The van der Waals surface area contributed by atoms with E-state index in [1.165, 1.54) is 16.7 Å². The van der Waals surface area contributed by atoms with Crippen molar-refractivity contribution in [3.63, 3.8) is 0 Å². The molecule has 156 valence electrons. The Morgan fingerprint density at radius 1 is 1.07 bits per heavy atom. The Balaban J connectivity index is 1.41. The van der Waals surface area contributed by atoms with Gasteiger partial charge in [-0.3, -0.25) is 4.99 Å². The number of guanidine groups is 1. The van der Waals surface area contributed by atoms with Crippen molar-refractivity contribution in [2.45, 2.75) is 38.5 Å². The predicted molar refractivity (Wildman–Crippen MR) is 118 cm³/mol. The molecule has 0 radical (unpaired) electrons. The van der Waals surface area contributed by atoms with Crippen LogP contribution in [-0.4, -0.2) is 38.9 Å². The molecule has 6 heteroatoms. The fourth-order valence-electron chi connectivity index (χ4n) is 3.27. The summed E-state index contributed by atoms with van der Waals surface area (Å²) in [7, 11) is 1.79. The molecule has 0 aromatic heterocycles. The van der Waals surface area contributed by atoms with E-state index in [0.29, 0.717) is 19.3 Å². The fraction of sp³-hybridized carbons (Fsp3) is 0.435. The van der Waals surface area contributed by atoms with Crippen LogP contribution in [0.1, 0.15) is 29.5 Å². The van der Waals surface area contributed by atoms with Crippen molar-refractivity contribution in [1.29, 1.82) is 0 Å². The molecule has 0 bridgehead atoms. The molecule has 0 atom stereocenters. The molecule has 0 spiro atoms. The first kappa shape index (κ1) is 21.6. The van der Waals surface area contributed by atoms with Crippen LogP contribution < -0.4 is 10.6 Å². The van der Waals surface area contributed by atoms with E-state index in [-0.39, 0.29) is 0 Å². The van der Waals surface area contributed by atoms with Crippen LogP contribution in [0.3, 0.4) is 0 Å². The molecule has 1 saturated heterocycles. The number of halogens is 1. The Hall–Kier alpha value is -2.08. The van der Waals surface area contributed by atoms with Gasteiger partial charge in [0.1, 0.15) is 0 Å². The van der Waals surface area contributed by atoms with Gasteiger partial charge in [0.2, 0.25) is 0 Å². The van der Waals surface area contributed by atoms with Crippen molar-refractivity contribution in [1.82, 2.24) is 10.6 Å². The van der Waals surface area contributed by atoms with Crippen LogP contribution in [0.2, 0.25) is 5.02 Å². The van der Waals surface area contributed by atoms with E-state index in [1.807, 2.05) is 24.3 Å². The third-order valence-electron chi connectivity index (χ3n) is 4.95. The zero-order valence-electron chi connectivity index (χ0n) is 17.0. The van der Waals surface area contributed by atoms with Gasteiger partial charge in [0, 0.05) is 38.4 Å². The highest BCUT2D eigenvalue weighted by Crippen LogP contribution is 2.14. The summed E-state index contributed by atoms with van der Waals surface area (Å²) in [6, 6.07) is 16.4. The highest BCUT2D eigenvalue weighted by molar-refractivity contribution is 6.30. The number of nitrogens with zero attached hydrogens (tertiary/aromatic N) is 1. The van der Waals surface area contributed by atoms with Gasteiger partial charge in [-0.25, -0.2) is 0 Å². The van der Waals surface area contributed by atoms with Crippen molar-refractivity contribution in [2.24, 2.45) is 4.99 Å². The van der Waals surface area contributed by atoms with E-state index >= 15 is 0 Å². The van der Waals surface area contributed by atoms with Gasteiger partial charge < -0.3 is 20.1 Å². The first-order chi connectivity index (χ1) is 14.2. The highest BCUT2D eigenvalue weighted by atomic mass is 35.5. The normalized spacial score (nSPS) is 15.3. The van der Waals surface area contributed by atoms with Crippen molar-refractivity contribution in [3.05, 3.63) is 70.2 Å². The molecule has 0 aliphatic carbocycles. The standard InChI is InChI=1S/C23H30ClN3O2/c1-25-23(26-12-9-18-5-7-21(24)8-6-18)27-16-19-3-2-4-20(15-19)17-29-22-10-13-28-14-11-22/h2-8,15,22H,9-14,16-17H2,1H3,(H2,25,26,27). The zero-order chi connectivity index (χ0) is 20.3. The molecule has 1 heterocycles. The van der Waals surface area contributed by atoms with E-state index in [2.05, 4.69) is 39.9 Å². The lowest BCUT2D eigenvalue weighted by atomic mass is 10.1. The molecule has 2 aromatic carbocycles. The first-order valence-electron chi connectivity index (χ1n) is 10.2. The van der Waals surface area contributed by atoms with Crippen molar-refractivity contribution in [3.8, 4) is 0 Å². The SMILES string of the molecule is CN=C(NCCc1ccc(Cl)cc1)NCc1cccc(COC2CCOCC2)c1. The number of ether oxygens (including phenoxy) is 2. The first-order valence-corrected chi connectivity index (χ1v) is 10.6. The third-order valence-corrected chi connectivity index (χ3v) is 5.20. The van der Waals surface area contributed by atoms with Gasteiger partial charge in [0.05, 0.1) is 12.7 Å². The second-order valence-electron chi connectivity index (χ2n) is 7.17. The molecule has 5 nitrogen and oxygen atoms in total. The smallest absolute Gasteiger partial charge is 0.191 e. The molecule has 2 aromatic rings. The largest absolute Gasteiger partial charge is 0.381 e. The number of nitrogens with one attached hydrogen (secondary N) is 2. The molecule has 1 fully saturated rings. The molecule has 1 aliphatic rings. The minimum atomic E-state index is 0.314. The van der Waals surface area contributed by atoms with E-state index in [9.17, 15) is 0 Å². The van der Waals surface area contributed by atoms with Gasteiger partial charge in [0.15, 0.2) is 5.96 Å². The van der Waals surface area contributed by atoms with Crippen LogP contribution in [0.5, 0.6) is 0 Å². The maximum Gasteiger partial charge on any atom is 0.191 e. The summed E-state index contributed by atoms with van der Waals surface area (Å²) in [5, 5.41) is 7.49. The van der Waals surface area contributed by atoms with Gasteiger partial charge >= 0.3 is 0 Å². The Kier molecular flexibility index (Phi) is 8.81. The lowest BCUT2D eigenvalue weighted by Crippen LogP contribution is -2.37. The minimum Gasteiger partial charge on any atom is -0.381 e. The summed E-state index contributed by atoms with van der Waals surface area (Å²) < 4.78 is 11.4. The summed E-state index contributed by atoms with van der Waals surface area (Å²) in [6.07, 6.45) is 3.20. The van der Waals surface area contributed by atoms with Crippen LogP contribution in [-0.2, 0) is 29.0 Å². The predicted octanol–water partition coefficient (Wildman–Crippen LogP) is 3.94. The number of aliphatic imine (C=N–C) groups is 1. The summed E-state index contributed by atoms with van der Waals surface area (Å²) >= 11 is 5.93. The fourth-order valence-corrected chi connectivity index (χ4v) is 3.39. The topological polar surface area (TPSA) is 54.9 Å². The van der Waals surface area contributed by atoms with Crippen molar-refractivity contribution >= 4 is 17.6 Å². The average Bonchev–Trinajstić information content (AvgIpc) is 2.77. The van der Waals surface area contributed by atoms with E-state index in [4.69, 9.17) is 21.1 Å². The maximum absolute atomic E-state index is 6.03. The van der Waals surface area contributed by atoms with Crippen molar-refractivity contribution < 1.29 is 9.47 Å². The molecule has 1 aliphatic heterocycles. The summed E-state index contributed by atoms with van der Waals surface area (Å²) in [4.78, 5) is 4.31. The van der Waals surface area contributed by atoms with E-state index in [0.717, 1.165) is 50.0 Å². The molecule has 0 amide bonds. The molecule has 3 rings (SSSR count). The molecule has 29 heavy (non-hydrogen) atoms. The van der Waals surface area contributed by atoms with Crippen molar-refractivity contribution in [2.75, 3.05) is 26.8 Å². The summed E-state index contributed by atoms with van der Waals surface area (Å²) in [5.74, 6) is 0.794. The van der Waals surface area contributed by atoms with E-state index < -0.39 is 0 Å². The highest BCUT2D eigenvalue weighted by Gasteiger charge is 2.14. The summed E-state index contributed by atoms with van der Waals surface area (Å²) in [5.41, 5.74) is 3.65. The Bertz CT molecular complexity index is 774. The second kappa shape index (κ2) is 11.8. The second-order valence-corrected chi connectivity index (χ2v) is 7.61. The monoisotopic (exact) mass is 415 g/mol. The lowest BCUT2D eigenvalue weighted by Gasteiger charge is -2.22. The van der Waals surface area contributed by atoms with Gasteiger partial charge in [-0.2, -0.15) is 0 Å². The van der Waals surface area contributed by atoms with Crippen LogP contribution >= 0.6 is 11.6 Å². The molecular weight excluding hydrogens is 386 g/mol. The van der Waals surface area contributed by atoms with Crippen LogP contribution in [0, 0.1) is 0 Å². The van der Waals surface area contributed by atoms with Gasteiger partial charge in [-0.15, -0.1) is 0 Å². The number of rotatable bonds is 8. The minimum absolute atomic E-state index is 0.314. The van der Waals surface area contributed by atoms with Crippen LogP contribution in [0.25, 0.3) is 0 Å². The number of hydrogen-bond acceptors (Lipinski definition) is 3. The maximum atomic E-state index is 6.03. The van der Waals surface area contributed by atoms with Gasteiger partial charge in [0.25, 0.3) is 0 Å². The lowest BCUT2D eigenvalue weighted by molar-refractivity contribution is -0.0390. The molecular formula is C23H30ClN3O2. The Labute approximate surface area is 178 Å². The average molecular weight is 416 g/mol.